The molecule has 0 aromatic heterocycles. The molecule has 1 fully saturated rings. The van der Waals surface area contributed by atoms with Crippen molar-refractivity contribution < 1.29 is 14.3 Å². The van der Waals surface area contributed by atoms with Crippen LogP contribution in [-0.2, 0) is 4.79 Å². The zero-order valence-electron chi connectivity index (χ0n) is 12.3. The molecule has 0 saturated carbocycles. The highest BCUT2D eigenvalue weighted by atomic mass is 16.5. The van der Waals surface area contributed by atoms with Crippen molar-refractivity contribution in [2.45, 2.75) is 19.8 Å². The lowest BCUT2D eigenvalue weighted by atomic mass is 9.97. The van der Waals surface area contributed by atoms with E-state index in [0.29, 0.717) is 11.5 Å². The summed E-state index contributed by atoms with van der Waals surface area (Å²) < 4.78 is 10.5. The Morgan fingerprint density at radius 3 is 2.40 bits per heavy atom. The van der Waals surface area contributed by atoms with Crippen LogP contribution in [0.2, 0.25) is 0 Å². The van der Waals surface area contributed by atoms with Gasteiger partial charge in [0, 0.05) is 17.7 Å². The Hall–Kier alpha value is -1.75. The van der Waals surface area contributed by atoms with Gasteiger partial charge in [-0.05, 0) is 44.5 Å². The standard InChI is InChI=1S/C15H22N2O3/c1-10-8-13(19-2)14(20-3)9-12(10)17-15(18)11-4-6-16-7-5-11/h8-9,11,16H,4-7H2,1-3H3,(H,17,18). The molecule has 0 atom stereocenters. The summed E-state index contributed by atoms with van der Waals surface area (Å²) in [4.78, 5) is 12.3. The molecule has 1 aromatic rings. The van der Waals surface area contributed by atoms with Gasteiger partial charge >= 0.3 is 0 Å². The minimum absolute atomic E-state index is 0.0850. The summed E-state index contributed by atoms with van der Waals surface area (Å²) >= 11 is 0. The maximum atomic E-state index is 12.3. The van der Waals surface area contributed by atoms with Crippen LogP contribution in [0.25, 0.3) is 0 Å². The molecule has 1 amide bonds. The van der Waals surface area contributed by atoms with E-state index >= 15 is 0 Å². The minimum atomic E-state index is 0.0850. The van der Waals surface area contributed by atoms with Crippen LogP contribution in [0.1, 0.15) is 18.4 Å². The summed E-state index contributed by atoms with van der Waals surface area (Å²) in [7, 11) is 3.19. The Kier molecular flexibility index (Phi) is 4.84. The van der Waals surface area contributed by atoms with Crippen molar-refractivity contribution in [1.82, 2.24) is 5.32 Å². The summed E-state index contributed by atoms with van der Waals surface area (Å²) in [5, 5.41) is 6.27. The van der Waals surface area contributed by atoms with Gasteiger partial charge in [0.05, 0.1) is 14.2 Å². The third-order valence-electron chi connectivity index (χ3n) is 3.70. The highest BCUT2D eigenvalue weighted by molar-refractivity contribution is 5.93. The van der Waals surface area contributed by atoms with Crippen LogP contribution in [0.3, 0.4) is 0 Å². The first-order chi connectivity index (χ1) is 9.65. The zero-order chi connectivity index (χ0) is 14.5. The van der Waals surface area contributed by atoms with E-state index in [-0.39, 0.29) is 11.8 Å². The van der Waals surface area contributed by atoms with Crippen molar-refractivity contribution in [3.05, 3.63) is 17.7 Å². The first kappa shape index (κ1) is 14.7. The average molecular weight is 278 g/mol. The van der Waals surface area contributed by atoms with Crippen molar-refractivity contribution in [1.29, 1.82) is 0 Å². The molecule has 1 saturated heterocycles. The zero-order valence-corrected chi connectivity index (χ0v) is 12.3. The number of aryl methyl sites for hydroxylation is 1. The van der Waals surface area contributed by atoms with E-state index in [9.17, 15) is 4.79 Å². The summed E-state index contributed by atoms with van der Waals surface area (Å²) in [6.45, 7) is 3.76. The molecule has 2 rings (SSSR count). The van der Waals surface area contributed by atoms with E-state index in [1.165, 1.54) is 0 Å². The third-order valence-corrected chi connectivity index (χ3v) is 3.70. The highest BCUT2D eigenvalue weighted by Gasteiger charge is 2.21. The molecule has 1 aliphatic heterocycles. The van der Waals surface area contributed by atoms with Crippen LogP contribution in [0.4, 0.5) is 5.69 Å². The lowest BCUT2D eigenvalue weighted by Gasteiger charge is -2.22. The van der Waals surface area contributed by atoms with Crippen molar-refractivity contribution in [2.75, 3.05) is 32.6 Å². The number of nitrogens with one attached hydrogen (secondary N) is 2. The monoisotopic (exact) mass is 278 g/mol. The minimum Gasteiger partial charge on any atom is -0.493 e. The molecule has 5 heteroatoms. The van der Waals surface area contributed by atoms with Gasteiger partial charge in [-0.1, -0.05) is 0 Å². The van der Waals surface area contributed by atoms with Crippen molar-refractivity contribution in [2.24, 2.45) is 5.92 Å². The molecule has 1 aromatic carbocycles. The van der Waals surface area contributed by atoms with Gasteiger partial charge in [-0.25, -0.2) is 0 Å². The SMILES string of the molecule is COc1cc(C)c(NC(=O)C2CCNCC2)cc1OC. The largest absolute Gasteiger partial charge is 0.493 e. The van der Waals surface area contributed by atoms with Gasteiger partial charge < -0.3 is 20.1 Å². The normalized spacial score (nSPS) is 15.8. The first-order valence-corrected chi connectivity index (χ1v) is 6.90. The van der Waals surface area contributed by atoms with Crippen LogP contribution in [0.15, 0.2) is 12.1 Å². The van der Waals surface area contributed by atoms with Gasteiger partial charge in [-0.3, -0.25) is 4.79 Å². The molecule has 1 heterocycles. The summed E-state index contributed by atoms with van der Waals surface area (Å²) in [5.41, 5.74) is 1.75. The van der Waals surface area contributed by atoms with E-state index in [1.807, 2.05) is 19.1 Å². The number of ether oxygens (including phenoxy) is 2. The number of anilines is 1. The molecule has 0 aliphatic carbocycles. The number of hydrogen-bond donors (Lipinski definition) is 2. The van der Waals surface area contributed by atoms with Gasteiger partial charge in [0.1, 0.15) is 0 Å². The number of methoxy groups -OCH3 is 2. The lowest BCUT2D eigenvalue weighted by molar-refractivity contribution is -0.120. The summed E-state index contributed by atoms with van der Waals surface area (Å²) in [6, 6.07) is 3.68. The van der Waals surface area contributed by atoms with Gasteiger partial charge in [-0.2, -0.15) is 0 Å². The molecule has 1 aliphatic rings. The lowest BCUT2D eigenvalue weighted by Crippen LogP contribution is -2.34. The number of carbonyl (C=O) groups is 1. The van der Waals surface area contributed by atoms with E-state index < -0.39 is 0 Å². The number of rotatable bonds is 4. The van der Waals surface area contributed by atoms with Crippen LogP contribution in [0.5, 0.6) is 11.5 Å². The smallest absolute Gasteiger partial charge is 0.227 e. The van der Waals surface area contributed by atoms with Gasteiger partial charge in [0.25, 0.3) is 0 Å². The number of hydrogen-bond acceptors (Lipinski definition) is 4. The molecule has 20 heavy (non-hydrogen) atoms. The molecule has 0 spiro atoms. The van der Waals surface area contributed by atoms with E-state index in [1.54, 1.807) is 14.2 Å². The molecule has 110 valence electrons. The fraction of sp³-hybridized carbons (Fsp3) is 0.533. The fourth-order valence-electron chi connectivity index (χ4n) is 2.43. The highest BCUT2D eigenvalue weighted by Crippen LogP contribution is 2.33. The quantitative estimate of drug-likeness (QED) is 0.884. The molecular formula is C15H22N2O3. The Morgan fingerprint density at radius 1 is 1.20 bits per heavy atom. The molecule has 0 radical (unpaired) electrons. The Balaban J connectivity index is 2.13. The summed E-state index contributed by atoms with van der Waals surface area (Å²) in [5.74, 6) is 1.47. The Morgan fingerprint density at radius 2 is 1.80 bits per heavy atom. The molecule has 0 bridgehead atoms. The average Bonchev–Trinajstić information content (AvgIpc) is 2.49. The van der Waals surface area contributed by atoms with Crippen LogP contribution < -0.4 is 20.1 Å². The predicted molar refractivity (Wildman–Crippen MR) is 78.5 cm³/mol. The second kappa shape index (κ2) is 6.61. The van der Waals surface area contributed by atoms with Gasteiger partial charge in [-0.15, -0.1) is 0 Å². The van der Waals surface area contributed by atoms with Crippen molar-refractivity contribution in [3.63, 3.8) is 0 Å². The van der Waals surface area contributed by atoms with Crippen LogP contribution in [0, 0.1) is 12.8 Å². The van der Waals surface area contributed by atoms with Crippen LogP contribution in [-0.4, -0.2) is 33.2 Å². The second-order valence-electron chi connectivity index (χ2n) is 5.04. The fourth-order valence-corrected chi connectivity index (χ4v) is 2.43. The summed E-state index contributed by atoms with van der Waals surface area (Å²) in [6.07, 6.45) is 1.77. The first-order valence-electron chi connectivity index (χ1n) is 6.90. The Bertz CT molecular complexity index is 482. The second-order valence-corrected chi connectivity index (χ2v) is 5.04. The molecule has 5 nitrogen and oxygen atoms in total. The van der Waals surface area contributed by atoms with E-state index in [2.05, 4.69) is 10.6 Å². The van der Waals surface area contributed by atoms with E-state index in [0.717, 1.165) is 37.2 Å². The predicted octanol–water partition coefficient (Wildman–Crippen LogP) is 1.95. The van der Waals surface area contributed by atoms with Crippen molar-refractivity contribution in [3.8, 4) is 11.5 Å². The third kappa shape index (κ3) is 3.22. The number of amides is 1. The molecule has 2 N–H and O–H groups in total. The molecule has 0 unspecified atom stereocenters. The van der Waals surface area contributed by atoms with E-state index in [4.69, 9.17) is 9.47 Å². The molecular weight excluding hydrogens is 256 g/mol. The maximum absolute atomic E-state index is 12.3. The van der Waals surface area contributed by atoms with Gasteiger partial charge in [0.15, 0.2) is 11.5 Å². The topological polar surface area (TPSA) is 59.6 Å². The number of benzene rings is 1. The maximum Gasteiger partial charge on any atom is 0.227 e. The Labute approximate surface area is 119 Å². The number of carbonyl (C=O) groups excluding carboxylic acids is 1. The van der Waals surface area contributed by atoms with Gasteiger partial charge in [0.2, 0.25) is 5.91 Å². The number of piperidine rings is 1. The van der Waals surface area contributed by atoms with Crippen molar-refractivity contribution >= 4 is 11.6 Å². The van der Waals surface area contributed by atoms with Crippen LogP contribution >= 0.6 is 0 Å².